The highest BCUT2D eigenvalue weighted by molar-refractivity contribution is 5.92. The zero-order valence-electron chi connectivity index (χ0n) is 12.6. The van der Waals surface area contributed by atoms with Gasteiger partial charge in [-0.15, -0.1) is 0 Å². The van der Waals surface area contributed by atoms with E-state index in [2.05, 4.69) is 17.1 Å². The van der Waals surface area contributed by atoms with Gasteiger partial charge < -0.3 is 4.90 Å². The molecule has 0 radical (unpaired) electrons. The summed E-state index contributed by atoms with van der Waals surface area (Å²) < 4.78 is 0. The average Bonchev–Trinajstić information content (AvgIpc) is 2.95. The molecule has 2 aromatic rings. The predicted octanol–water partition coefficient (Wildman–Crippen LogP) is 2.54. The molecule has 0 spiro atoms. The summed E-state index contributed by atoms with van der Waals surface area (Å²) in [5, 5.41) is 17.6. The number of aromatic amines is 1. The number of nitro groups is 1. The molecule has 0 bridgehead atoms. The van der Waals surface area contributed by atoms with Crippen molar-refractivity contribution in [3.63, 3.8) is 0 Å². The number of carbonyl (C=O) groups excluding carboxylic acids is 1. The van der Waals surface area contributed by atoms with Crippen LogP contribution in [0, 0.1) is 10.1 Å². The zero-order valence-corrected chi connectivity index (χ0v) is 12.6. The van der Waals surface area contributed by atoms with Crippen LogP contribution in [0.25, 0.3) is 0 Å². The van der Waals surface area contributed by atoms with E-state index in [-0.39, 0.29) is 18.1 Å². The Hall–Kier alpha value is -2.70. The van der Waals surface area contributed by atoms with E-state index in [1.54, 1.807) is 25.2 Å². The Morgan fingerprint density at radius 2 is 2.18 bits per heavy atom. The van der Waals surface area contributed by atoms with E-state index in [0.717, 1.165) is 18.5 Å². The summed E-state index contributed by atoms with van der Waals surface area (Å²) >= 11 is 0. The highest BCUT2D eigenvalue weighted by atomic mass is 16.6. The molecule has 1 aromatic heterocycles. The second kappa shape index (κ2) is 6.84. The lowest BCUT2D eigenvalue weighted by Gasteiger charge is -2.15. The van der Waals surface area contributed by atoms with Crippen molar-refractivity contribution in [3.8, 4) is 0 Å². The lowest BCUT2D eigenvalue weighted by molar-refractivity contribution is -0.384. The largest absolute Gasteiger partial charge is 0.336 e. The Kier molecular flexibility index (Phi) is 4.88. The van der Waals surface area contributed by atoms with Crippen LogP contribution >= 0.6 is 0 Å². The van der Waals surface area contributed by atoms with Gasteiger partial charge in [0.15, 0.2) is 0 Å². The quantitative estimate of drug-likeness (QED) is 0.655. The van der Waals surface area contributed by atoms with Crippen LogP contribution in [0.2, 0.25) is 0 Å². The number of nitro benzene ring substituents is 1. The highest BCUT2D eigenvalue weighted by Crippen LogP contribution is 2.15. The molecular formula is C15H18N4O3. The van der Waals surface area contributed by atoms with Crippen LogP contribution in [0.3, 0.4) is 0 Å². The van der Waals surface area contributed by atoms with Crippen molar-refractivity contribution in [1.29, 1.82) is 0 Å². The molecule has 0 saturated heterocycles. The fraction of sp³-hybridized carbons (Fsp3) is 0.333. The standard InChI is InChI=1S/C15H18N4O3/c1-3-5-12-9-14(17-16-12)15(20)18(2)10-11-6-4-7-13(8-11)19(21)22/h4,6-9H,3,5,10H2,1-2H3,(H,16,17). The molecule has 1 aromatic carbocycles. The maximum Gasteiger partial charge on any atom is 0.274 e. The first kappa shape index (κ1) is 15.7. The van der Waals surface area contributed by atoms with Crippen molar-refractivity contribution in [2.45, 2.75) is 26.3 Å². The van der Waals surface area contributed by atoms with E-state index in [1.165, 1.54) is 17.0 Å². The maximum atomic E-state index is 12.3. The number of benzene rings is 1. The van der Waals surface area contributed by atoms with E-state index in [4.69, 9.17) is 0 Å². The first-order chi connectivity index (χ1) is 10.5. The molecule has 0 aliphatic rings. The number of hydrogen-bond donors (Lipinski definition) is 1. The van der Waals surface area contributed by atoms with E-state index in [0.29, 0.717) is 11.3 Å². The molecule has 0 aliphatic heterocycles. The van der Waals surface area contributed by atoms with Gasteiger partial charge in [-0.25, -0.2) is 0 Å². The monoisotopic (exact) mass is 302 g/mol. The van der Waals surface area contributed by atoms with Crippen molar-refractivity contribution in [3.05, 3.63) is 57.4 Å². The Labute approximate surface area is 128 Å². The number of H-pyrrole nitrogens is 1. The van der Waals surface area contributed by atoms with Crippen molar-refractivity contribution in [2.24, 2.45) is 0 Å². The Balaban J connectivity index is 2.07. The van der Waals surface area contributed by atoms with Gasteiger partial charge in [0.1, 0.15) is 5.69 Å². The first-order valence-corrected chi connectivity index (χ1v) is 7.04. The Bertz CT molecular complexity index is 681. The summed E-state index contributed by atoms with van der Waals surface area (Å²) in [5.41, 5.74) is 2.00. The summed E-state index contributed by atoms with van der Waals surface area (Å²) in [5.74, 6) is -0.217. The molecule has 0 aliphatic carbocycles. The van der Waals surface area contributed by atoms with Gasteiger partial charge in [-0.3, -0.25) is 20.0 Å². The van der Waals surface area contributed by atoms with Crippen molar-refractivity contribution in [1.82, 2.24) is 15.1 Å². The predicted molar refractivity (Wildman–Crippen MR) is 81.5 cm³/mol. The number of nitrogens with one attached hydrogen (secondary N) is 1. The summed E-state index contributed by atoms with van der Waals surface area (Å²) in [4.78, 5) is 24.1. The van der Waals surface area contributed by atoms with E-state index >= 15 is 0 Å². The number of rotatable bonds is 6. The minimum atomic E-state index is -0.448. The molecule has 116 valence electrons. The minimum Gasteiger partial charge on any atom is -0.336 e. The highest BCUT2D eigenvalue weighted by Gasteiger charge is 2.16. The maximum absolute atomic E-state index is 12.3. The summed E-state index contributed by atoms with van der Waals surface area (Å²) in [6.07, 6.45) is 1.81. The molecule has 1 heterocycles. The molecule has 22 heavy (non-hydrogen) atoms. The van der Waals surface area contributed by atoms with Crippen LogP contribution < -0.4 is 0 Å². The molecule has 0 fully saturated rings. The van der Waals surface area contributed by atoms with Crippen molar-refractivity contribution < 1.29 is 9.72 Å². The topological polar surface area (TPSA) is 92.1 Å². The van der Waals surface area contributed by atoms with Crippen LogP contribution in [0.15, 0.2) is 30.3 Å². The third-order valence-corrected chi connectivity index (χ3v) is 3.26. The third kappa shape index (κ3) is 3.69. The second-order valence-corrected chi connectivity index (χ2v) is 5.12. The summed E-state index contributed by atoms with van der Waals surface area (Å²) in [6.45, 7) is 2.34. The van der Waals surface area contributed by atoms with Gasteiger partial charge in [0.2, 0.25) is 0 Å². The average molecular weight is 302 g/mol. The molecule has 0 unspecified atom stereocenters. The molecule has 0 saturated carbocycles. The van der Waals surface area contributed by atoms with Crippen molar-refractivity contribution in [2.75, 3.05) is 7.05 Å². The zero-order chi connectivity index (χ0) is 16.1. The molecule has 7 nitrogen and oxygen atoms in total. The lowest BCUT2D eigenvalue weighted by atomic mass is 10.2. The third-order valence-electron chi connectivity index (χ3n) is 3.26. The number of carbonyl (C=O) groups is 1. The minimum absolute atomic E-state index is 0.0170. The first-order valence-electron chi connectivity index (χ1n) is 7.04. The van der Waals surface area contributed by atoms with E-state index in [1.807, 2.05) is 0 Å². The number of non-ortho nitro benzene ring substituents is 1. The van der Waals surface area contributed by atoms with Crippen LogP contribution in [0.5, 0.6) is 0 Å². The molecule has 1 N–H and O–H groups in total. The van der Waals surface area contributed by atoms with Gasteiger partial charge >= 0.3 is 0 Å². The number of amides is 1. The molecule has 0 atom stereocenters. The van der Waals surface area contributed by atoms with Gasteiger partial charge in [-0.05, 0) is 18.1 Å². The molecular weight excluding hydrogens is 284 g/mol. The smallest absolute Gasteiger partial charge is 0.274 e. The number of hydrogen-bond acceptors (Lipinski definition) is 4. The van der Waals surface area contributed by atoms with E-state index in [9.17, 15) is 14.9 Å². The van der Waals surface area contributed by atoms with Gasteiger partial charge in [-0.1, -0.05) is 25.5 Å². The van der Waals surface area contributed by atoms with Crippen LogP contribution in [0.1, 0.15) is 35.1 Å². The van der Waals surface area contributed by atoms with Crippen LogP contribution in [-0.2, 0) is 13.0 Å². The van der Waals surface area contributed by atoms with Crippen molar-refractivity contribution >= 4 is 11.6 Å². The fourth-order valence-electron chi connectivity index (χ4n) is 2.18. The van der Waals surface area contributed by atoms with Gasteiger partial charge in [-0.2, -0.15) is 5.10 Å². The molecule has 1 amide bonds. The summed E-state index contributed by atoms with van der Waals surface area (Å²) in [6, 6.07) is 8.01. The van der Waals surface area contributed by atoms with Gasteiger partial charge in [0.05, 0.1) is 4.92 Å². The normalized spacial score (nSPS) is 10.5. The fourth-order valence-corrected chi connectivity index (χ4v) is 2.18. The number of aromatic nitrogens is 2. The number of nitrogens with zero attached hydrogens (tertiary/aromatic N) is 3. The molecule has 7 heteroatoms. The van der Waals surface area contributed by atoms with Gasteiger partial charge in [0, 0.05) is 31.4 Å². The second-order valence-electron chi connectivity index (χ2n) is 5.12. The summed E-state index contributed by atoms with van der Waals surface area (Å²) in [7, 11) is 1.65. The number of aryl methyl sites for hydroxylation is 1. The Morgan fingerprint density at radius 3 is 2.86 bits per heavy atom. The SMILES string of the molecule is CCCc1cc(C(=O)N(C)Cc2cccc([N+](=O)[O-])c2)n[nH]1. The van der Waals surface area contributed by atoms with Gasteiger partial charge in [0.25, 0.3) is 11.6 Å². The van der Waals surface area contributed by atoms with Crippen LogP contribution in [0.4, 0.5) is 5.69 Å². The Morgan fingerprint density at radius 1 is 1.41 bits per heavy atom. The molecule has 2 rings (SSSR count). The lowest BCUT2D eigenvalue weighted by Crippen LogP contribution is -2.26. The van der Waals surface area contributed by atoms with Crippen LogP contribution in [-0.4, -0.2) is 33.0 Å². The van der Waals surface area contributed by atoms with E-state index < -0.39 is 4.92 Å².